The molecule has 1 atom stereocenters. The first-order valence-corrected chi connectivity index (χ1v) is 9.27. The molecule has 0 fully saturated rings. The van der Waals surface area contributed by atoms with Crippen LogP contribution in [0, 0.1) is 0 Å². The van der Waals surface area contributed by atoms with Gasteiger partial charge in [-0.3, -0.25) is 5.01 Å². The molecule has 0 saturated carbocycles. The zero-order valence-corrected chi connectivity index (χ0v) is 16.4. The van der Waals surface area contributed by atoms with E-state index in [0.717, 1.165) is 29.0 Å². The molecule has 0 amide bonds. The molecule has 9 heteroatoms. The molecule has 2 aliphatic rings. The monoisotopic (exact) mass is 422 g/mol. The summed E-state index contributed by atoms with van der Waals surface area (Å²) < 4.78 is 43.8. The summed E-state index contributed by atoms with van der Waals surface area (Å²) in [7, 11) is 1.52. The van der Waals surface area contributed by atoms with E-state index in [9.17, 15) is 13.2 Å². The normalized spacial score (nSPS) is 18.8. The van der Waals surface area contributed by atoms with Gasteiger partial charge in [-0.2, -0.15) is 13.2 Å². The number of hydrazine groups is 1. The van der Waals surface area contributed by atoms with Crippen molar-refractivity contribution < 1.29 is 17.9 Å². The molecule has 0 unspecified atom stereocenters. The molecular formula is C20H18ClF3N4O. The number of pyridine rings is 1. The molecule has 3 heterocycles. The first kappa shape index (κ1) is 19.4. The Morgan fingerprint density at radius 2 is 1.93 bits per heavy atom. The highest BCUT2D eigenvalue weighted by molar-refractivity contribution is 6.29. The van der Waals surface area contributed by atoms with Crippen molar-refractivity contribution in [2.45, 2.75) is 19.1 Å². The van der Waals surface area contributed by atoms with Crippen LogP contribution in [0.5, 0.6) is 5.88 Å². The lowest BCUT2D eigenvalue weighted by atomic mass is 10.0. The van der Waals surface area contributed by atoms with Crippen molar-refractivity contribution in [3.8, 4) is 5.88 Å². The van der Waals surface area contributed by atoms with Crippen LogP contribution >= 0.6 is 11.6 Å². The van der Waals surface area contributed by atoms with Crippen molar-refractivity contribution in [3.05, 3.63) is 70.8 Å². The van der Waals surface area contributed by atoms with Gasteiger partial charge >= 0.3 is 6.18 Å². The fourth-order valence-electron chi connectivity index (χ4n) is 3.46. The van der Waals surface area contributed by atoms with Crippen molar-refractivity contribution in [3.63, 3.8) is 0 Å². The van der Waals surface area contributed by atoms with E-state index in [1.165, 1.54) is 19.2 Å². The van der Waals surface area contributed by atoms with E-state index in [0.29, 0.717) is 23.3 Å². The predicted molar refractivity (Wildman–Crippen MR) is 105 cm³/mol. The van der Waals surface area contributed by atoms with Gasteiger partial charge in [-0.25, -0.2) is 4.98 Å². The highest BCUT2D eigenvalue weighted by Gasteiger charge is 2.33. The lowest BCUT2D eigenvalue weighted by molar-refractivity contribution is -0.137. The molecule has 4 rings (SSSR count). The van der Waals surface area contributed by atoms with Crippen molar-refractivity contribution >= 4 is 22.9 Å². The second-order valence-electron chi connectivity index (χ2n) is 6.84. The van der Waals surface area contributed by atoms with Gasteiger partial charge in [0.2, 0.25) is 5.88 Å². The second-order valence-corrected chi connectivity index (χ2v) is 7.23. The first-order valence-electron chi connectivity index (χ1n) is 8.90. The smallest absolute Gasteiger partial charge is 0.416 e. The number of aromatic nitrogens is 1. The van der Waals surface area contributed by atoms with E-state index in [1.54, 1.807) is 12.1 Å². The maximum absolute atomic E-state index is 12.9. The third kappa shape index (κ3) is 3.72. The van der Waals surface area contributed by atoms with Crippen LogP contribution < -0.4 is 15.1 Å². The molecule has 1 N–H and O–H groups in total. The quantitative estimate of drug-likeness (QED) is 0.728. The van der Waals surface area contributed by atoms with Gasteiger partial charge in [0.1, 0.15) is 5.15 Å². The maximum atomic E-state index is 12.9. The Bertz CT molecular complexity index is 988. The van der Waals surface area contributed by atoms with Gasteiger partial charge in [0.15, 0.2) is 0 Å². The molecule has 0 saturated heterocycles. The zero-order chi connectivity index (χ0) is 20.8. The molecule has 1 aromatic carbocycles. The average Bonchev–Trinajstić information content (AvgIpc) is 3.11. The maximum Gasteiger partial charge on any atom is 0.416 e. The Morgan fingerprint density at radius 3 is 2.59 bits per heavy atom. The van der Waals surface area contributed by atoms with Gasteiger partial charge in [-0.15, -0.1) is 0 Å². The fourth-order valence-corrected chi connectivity index (χ4v) is 3.66. The highest BCUT2D eigenvalue weighted by atomic mass is 35.5. The zero-order valence-electron chi connectivity index (χ0n) is 15.7. The van der Waals surface area contributed by atoms with Crippen LogP contribution in [-0.2, 0) is 6.18 Å². The first-order chi connectivity index (χ1) is 13.8. The Labute approximate surface area is 171 Å². The predicted octanol–water partition coefficient (Wildman–Crippen LogP) is 4.67. The fraction of sp³-hybridized carbons (Fsp3) is 0.250. The molecule has 5 nitrogen and oxygen atoms in total. The number of rotatable bonds is 3. The Kier molecular flexibility index (Phi) is 4.82. The molecule has 0 bridgehead atoms. The van der Waals surface area contributed by atoms with Crippen LogP contribution in [-0.4, -0.2) is 29.7 Å². The summed E-state index contributed by atoms with van der Waals surface area (Å²) in [5.74, 6) is 0.399. The molecule has 2 aliphatic heterocycles. The number of allylic oxidation sites excluding steroid dienone is 1. The second kappa shape index (κ2) is 7.18. The SMILES string of the molecule is COc1cc(C2=CNN3C2=CN(c2ccc(C(F)(F)F)cc2)C[C@@H]3C)cc(Cl)n1. The van der Waals surface area contributed by atoms with Crippen LogP contribution in [0.25, 0.3) is 5.57 Å². The number of methoxy groups -OCH3 is 1. The summed E-state index contributed by atoms with van der Waals surface area (Å²) in [6.07, 6.45) is -0.577. The van der Waals surface area contributed by atoms with Crippen molar-refractivity contribution in [2.75, 3.05) is 18.6 Å². The van der Waals surface area contributed by atoms with Crippen molar-refractivity contribution in [1.82, 2.24) is 15.4 Å². The van der Waals surface area contributed by atoms with Crippen molar-refractivity contribution in [1.29, 1.82) is 0 Å². The van der Waals surface area contributed by atoms with Crippen LogP contribution in [0.2, 0.25) is 5.15 Å². The number of ether oxygens (including phenoxy) is 1. The van der Waals surface area contributed by atoms with Crippen LogP contribution in [0.4, 0.5) is 18.9 Å². The minimum absolute atomic E-state index is 0.0743. The van der Waals surface area contributed by atoms with Gasteiger partial charge in [0.25, 0.3) is 0 Å². The molecule has 0 radical (unpaired) electrons. The van der Waals surface area contributed by atoms with Gasteiger partial charge in [0, 0.05) is 36.3 Å². The van der Waals surface area contributed by atoms with Gasteiger partial charge < -0.3 is 15.1 Å². The molecule has 152 valence electrons. The highest BCUT2D eigenvalue weighted by Crippen LogP contribution is 2.37. The number of hydrogen-bond acceptors (Lipinski definition) is 5. The van der Waals surface area contributed by atoms with E-state index in [4.69, 9.17) is 16.3 Å². The molecular weight excluding hydrogens is 405 g/mol. The van der Waals surface area contributed by atoms with Crippen LogP contribution in [0.3, 0.4) is 0 Å². The number of hydrogen-bond donors (Lipinski definition) is 1. The summed E-state index contributed by atoms with van der Waals surface area (Å²) in [4.78, 5) is 6.04. The largest absolute Gasteiger partial charge is 0.481 e. The third-order valence-corrected chi connectivity index (χ3v) is 5.07. The average molecular weight is 423 g/mol. The number of alkyl halides is 3. The van der Waals surface area contributed by atoms with E-state index in [-0.39, 0.29) is 6.04 Å². The lowest BCUT2D eigenvalue weighted by Crippen LogP contribution is -2.47. The Morgan fingerprint density at radius 1 is 1.21 bits per heavy atom. The minimum atomic E-state index is -4.35. The Balaban J connectivity index is 1.68. The van der Waals surface area contributed by atoms with E-state index < -0.39 is 11.7 Å². The van der Waals surface area contributed by atoms with E-state index in [1.807, 2.05) is 29.2 Å². The van der Waals surface area contributed by atoms with Crippen LogP contribution in [0.1, 0.15) is 18.1 Å². The molecule has 0 spiro atoms. The van der Waals surface area contributed by atoms with Gasteiger partial charge in [0.05, 0.1) is 24.4 Å². The van der Waals surface area contributed by atoms with E-state index >= 15 is 0 Å². The number of benzene rings is 1. The number of fused-ring (bicyclic) bond motifs is 1. The summed E-state index contributed by atoms with van der Waals surface area (Å²) in [5.41, 5.74) is 5.85. The number of nitrogens with zero attached hydrogens (tertiary/aromatic N) is 3. The van der Waals surface area contributed by atoms with Gasteiger partial charge in [-0.1, -0.05) is 11.6 Å². The molecule has 1 aromatic heterocycles. The Hall–Kier alpha value is -2.87. The minimum Gasteiger partial charge on any atom is -0.481 e. The summed E-state index contributed by atoms with van der Waals surface area (Å²) in [6, 6.07) is 8.77. The number of anilines is 1. The van der Waals surface area contributed by atoms with Gasteiger partial charge in [-0.05, 0) is 42.8 Å². The molecule has 2 aromatic rings. The third-order valence-electron chi connectivity index (χ3n) is 4.88. The number of nitrogens with one attached hydrogen (secondary N) is 1. The standard InChI is InChI=1S/C20H18ClF3N4O/c1-12-10-27(15-5-3-14(4-6-15)20(22,23)24)11-17-16(9-25-28(12)17)13-7-18(21)26-19(8-13)29-2/h3-9,11-12,25H,10H2,1-2H3/t12-/m0/s1. The summed E-state index contributed by atoms with van der Waals surface area (Å²) in [5, 5.41) is 2.32. The summed E-state index contributed by atoms with van der Waals surface area (Å²) in [6.45, 7) is 2.65. The summed E-state index contributed by atoms with van der Waals surface area (Å²) >= 11 is 6.11. The van der Waals surface area contributed by atoms with E-state index in [2.05, 4.69) is 10.4 Å². The topological polar surface area (TPSA) is 40.6 Å². The number of halogens is 4. The van der Waals surface area contributed by atoms with Crippen molar-refractivity contribution in [2.24, 2.45) is 0 Å². The lowest BCUT2D eigenvalue weighted by Gasteiger charge is -2.38. The molecule has 29 heavy (non-hydrogen) atoms. The molecule has 0 aliphatic carbocycles. The van der Waals surface area contributed by atoms with Crippen LogP contribution in [0.15, 0.2) is 54.5 Å².